The van der Waals surface area contributed by atoms with Crippen LogP contribution >= 0.6 is 0 Å². The standard InChI is InChI=1S/C29H22F2N2/c30-29(31,25-19-32(21-11-3-1-4-12-21)27-17-9-7-15-23(25)27)26-20-33(22-13-5-2-6-14-22)28-18-10-8-16-24(26)28/h1-20,23,27H. The van der Waals surface area contributed by atoms with Crippen molar-refractivity contribution in [3.63, 3.8) is 0 Å². The molecular weight excluding hydrogens is 414 g/mol. The van der Waals surface area contributed by atoms with E-state index < -0.39 is 11.8 Å². The molecule has 162 valence electrons. The minimum atomic E-state index is -3.14. The lowest BCUT2D eigenvalue weighted by Crippen LogP contribution is -2.32. The summed E-state index contributed by atoms with van der Waals surface area (Å²) < 4.78 is 34.7. The molecule has 2 atom stereocenters. The molecule has 0 amide bonds. The zero-order chi connectivity index (χ0) is 22.4. The molecule has 0 spiro atoms. The third-order valence-electron chi connectivity index (χ3n) is 6.57. The van der Waals surface area contributed by atoms with Crippen molar-refractivity contribution in [1.29, 1.82) is 0 Å². The number of halogens is 2. The molecule has 0 radical (unpaired) electrons. The Hall–Kier alpha value is -3.92. The van der Waals surface area contributed by atoms with Crippen molar-refractivity contribution in [2.24, 2.45) is 5.92 Å². The number of nitrogens with zero attached hydrogens (tertiary/aromatic N) is 2. The molecule has 0 bridgehead atoms. The van der Waals surface area contributed by atoms with Gasteiger partial charge in [0, 0.05) is 40.6 Å². The first-order valence-electron chi connectivity index (χ1n) is 11.1. The summed E-state index contributed by atoms with van der Waals surface area (Å²) in [5, 5.41) is 0.567. The van der Waals surface area contributed by atoms with E-state index in [1.54, 1.807) is 18.5 Å². The van der Waals surface area contributed by atoms with Crippen LogP contribution in [0, 0.1) is 5.92 Å². The molecule has 0 fully saturated rings. The Morgan fingerprint density at radius 1 is 0.697 bits per heavy atom. The first-order chi connectivity index (χ1) is 16.1. The van der Waals surface area contributed by atoms with E-state index in [0.717, 1.165) is 16.9 Å². The summed E-state index contributed by atoms with van der Waals surface area (Å²) in [5.74, 6) is -3.54. The van der Waals surface area contributed by atoms with E-state index in [4.69, 9.17) is 0 Å². The van der Waals surface area contributed by atoms with E-state index in [9.17, 15) is 0 Å². The predicted octanol–water partition coefficient (Wildman–Crippen LogP) is 7.24. The number of fused-ring (bicyclic) bond motifs is 2. The highest BCUT2D eigenvalue weighted by molar-refractivity contribution is 5.87. The topological polar surface area (TPSA) is 8.17 Å². The highest BCUT2D eigenvalue weighted by atomic mass is 19.3. The van der Waals surface area contributed by atoms with Gasteiger partial charge < -0.3 is 9.47 Å². The maximum atomic E-state index is 16.4. The largest absolute Gasteiger partial charge is 0.340 e. The van der Waals surface area contributed by atoms with Crippen LogP contribution in [0.1, 0.15) is 5.56 Å². The second-order valence-electron chi connectivity index (χ2n) is 8.45. The molecule has 2 heterocycles. The zero-order valence-corrected chi connectivity index (χ0v) is 17.9. The smallest absolute Gasteiger partial charge is 0.298 e. The van der Waals surface area contributed by atoms with Crippen molar-refractivity contribution in [3.8, 4) is 5.69 Å². The summed E-state index contributed by atoms with van der Waals surface area (Å²) >= 11 is 0. The lowest BCUT2D eigenvalue weighted by molar-refractivity contribution is 0.0322. The summed E-state index contributed by atoms with van der Waals surface area (Å²) in [6.07, 6.45) is 11.0. The molecule has 2 unspecified atom stereocenters. The molecule has 2 aliphatic rings. The SMILES string of the molecule is FC(F)(C1=CN(c2ccccc2)C2C=CC=CC12)c1cn(-c2ccccc2)c2ccccc12. The molecule has 4 aromatic rings. The van der Waals surface area contributed by atoms with Crippen LogP contribution in [0.15, 0.2) is 127 Å². The van der Waals surface area contributed by atoms with Crippen molar-refractivity contribution >= 4 is 16.6 Å². The van der Waals surface area contributed by atoms with Gasteiger partial charge in [0.2, 0.25) is 0 Å². The number of hydrogen-bond donors (Lipinski definition) is 0. The van der Waals surface area contributed by atoms with E-state index in [2.05, 4.69) is 0 Å². The summed E-state index contributed by atoms with van der Waals surface area (Å²) in [4.78, 5) is 1.96. The van der Waals surface area contributed by atoms with Gasteiger partial charge in [-0.15, -0.1) is 0 Å². The minimum Gasteiger partial charge on any atom is -0.340 e. The monoisotopic (exact) mass is 436 g/mol. The number of rotatable bonds is 4. The summed E-state index contributed by atoms with van der Waals surface area (Å²) in [5.41, 5.74) is 2.69. The third-order valence-corrected chi connectivity index (χ3v) is 6.57. The quantitative estimate of drug-likeness (QED) is 0.327. The molecule has 6 rings (SSSR count). The van der Waals surface area contributed by atoms with Crippen LogP contribution in [0.3, 0.4) is 0 Å². The van der Waals surface area contributed by atoms with Crippen LogP contribution in [0.4, 0.5) is 14.5 Å². The van der Waals surface area contributed by atoms with Gasteiger partial charge in [0.25, 0.3) is 5.92 Å². The number of hydrogen-bond acceptors (Lipinski definition) is 1. The molecule has 2 nitrogen and oxygen atoms in total. The average Bonchev–Trinajstić information content (AvgIpc) is 3.46. The van der Waals surface area contributed by atoms with Crippen LogP contribution in [0.5, 0.6) is 0 Å². The lowest BCUT2D eigenvalue weighted by atomic mass is 9.85. The van der Waals surface area contributed by atoms with Crippen molar-refractivity contribution in [2.45, 2.75) is 12.0 Å². The van der Waals surface area contributed by atoms with Gasteiger partial charge in [-0.05, 0) is 30.3 Å². The van der Waals surface area contributed by atoms with Gasteiger partial charge in [-0.25, -0.2) is 0 Å². The zero-order valence-electron chi connectivity index (χ0n) is 17.9. The normalized spacial score (nSPS) is 19.7. The number of para-hydroxylation sites is 3. The molecule has 1 aliphatic heterocycles. The average molecular weight is 437 g/mol. The molecule has 4 heteroatoms. The van der Waals surface area contributed by atoms with E-state index in [0.29, 0.717) is 5.39 Å². The van der Waals surface area contributed by atoms with Gasteiger partial charge in [-0.3, -0.25) is 0 Å². The van der Waals surface area contributed by atoms with Gasteiger partial charge in [-0.2, -0.15) is 8.78 Å². The van der Waals surface area contributed by atoms with Gasteiger partial charge in [-0.1, -0.05) is 78.9 Å². The van der Waals surface area contributed by atoms with Gasteiger partial charge >= 0.3 is 0 Å². The number of anilines is 1. The van der Waals surface area contributed by atoms with Crippen molar-refractivity contribution in [3.05, 3.63) is 133 Å². The highest BCUT2D eigenvalue weighted by Crippen LogP contribution is 2.49. The molecule has 33 heavy (non-hydrogen) atoms. The Bertz CT molecular complexity index is 1400. The number of benzene rings is 3. The van der Waals surface area contributed by atoms with E-state index in [1.807, 2.05) is 113 Å². The van der Waals surface area contributed by atoms with E-state index in [-0.39, 0.29) is 17.2 Å². The fourth-order valence-corrected chi connectivity index (χ4v) is 5.00. The lowest BCUT2D eigenvalue weighted by Gasteiger charge is -2.29. The molecule has 1 aliphatic carbocycles. The number of aromatic nitrogens is 1. The van der Waals surface area contributed by atoms with Gasteiger partial charge in [0.1, 0.15) is 0 Å². The second kappa shape index (κ2) is 7.59. The Balaban J connectivity index is 1.51. The van der Waals surface area contributed by atoms with Gasteiger partial charge in [0.15, 0.2) is 0 Å². The highest BCUT2D eigenvalue weighted by Gasteiger charge is 2.48. The molecule has 0 saturated heterocycles. The number of allylic oxidation sites excluding steroid dienone is 2. The Labute approximate surface area is 191 Å². The molecule has 1 aromatic heterocycles. The van der Waals surface area contributed by atoms with Crippen molar-refractivity contribution < 1.29 is 8.78 Å². The third kappa shape index (κ3) is 3.13. The molecule has 3 aromatic carbocycles. The van der Waals surface area contributed by atoms with E-state index >= 15 is 8.78 Å². The van der Waals surface area contributed by atoms with Crippen LogP contribution in [-0.2, 0) is 5.92 Å². The van der Waals surface area contributed by atoms with Crippen LogP contribution in [-0.4, -0.2) is 10.6 Å². The summed E-state index contributed by atoms with van der Waals surface area (Å²) in [6, 6.07) is 26.6. The first-order valence-corrected chi connectivity index (χ1v) is 11.1. The Morgan fingerprint density at radius 2 is 1.33 bits per heavy atom. The Morgan fingerprint density at radius 3 is 2.09 bits per heavy atom. The fourth-order valence-electron chi connectivity index (χ4n) is 5.00. The first kappa shape index (κ1) is 19.7. The van der Waals surface area contributed by atoms with Crippen LogP contribution in [0.25, 0.3) is 16.6 Å². The second-order valence-corrected chi connectivity index (χ2v) is 8.45. The molecule has 0 N–H and O–H groups in total. The van der Waals surface area contributed by atoms with Crippen molar-refractivity contribution in [2.75, 3.05) is 4.90 Å². The Kier molecular flexibility index (Phi) is 4.54. The van der Waals surface area contributed by atoms with Crippen molar-refractivity contribution in [1.82, 2.24) is 4.57 Å². The maximum Gasteiger partial charge on any atom is 0.298 e. The van der Waals surface area contributed by atoms with E-state index in [1.165, 1.54) is 0 Å². The van der Waals surface area contributed by atoms with Gasteiger partial charge in [0.05, 0.1) is 17.1 Å². The fraction of sp³-hybridized carbons (Fsp3) is 0.103. The summed E-state index contributed by atoms with van der Waals surface area (Å²) in [7, 11) is 0. The molecule has 0 saturated carbocycles. The van der Waals surface area contributed by atoms with Crippen LogP contribution in [0.2, 0.25) is 0 Å². The van der Waals surface area contributed by atoms with Crippen LogP contribution < -0.4 is 4.90 Å². The maximum absolute atomic E-state index is 16.4. The number of alkyl halides is 2. The minimum absolute atomic E-state index is 0.0322. The summed E-state index contributed by atoms with van der Waals surface area (Å²) in [6.45, 7) is 0. The molecular formula is C29H22F2N2. The predicted molar refractivity (Wildman–Crippen MR) is 130 cm³/mol.